The monoisotopic (exact) mass is 473 g/mol. The molecule has 1 aromatic heterocycles. The average molecular weight is 474 g/mol. The highest BCUT2D eigenvalue weighted by atomic mass is 35.5. The normalized spacial score (nSPS) is 14.0. The summed E-state index contributed by atoms with van der Waals surface area (Å²) in [4.78, 5) is 15.5. The lowest BCUT2D eigenvalue weighted by Crippen LogP contribution is -2.23. The van der Waals surface area contributed by atoms with Crippen molar-refractivity contribution >= 4 is 11.6 Å². The van der Waals surface area contributed by atoms with E-state index in [4.69, 9.17) is 11.6 Å². The average Bonchev–Trinajstić information content (AvgIpc) is 3.46. The Balaban J connectivity index is 1.26. The quantitative estimate of drug-likeness (QED) is 0.385. The molecule has 0 atom stereocenters. The summed E-state index contributed by atoms with van der Waals surface area (Å²) in [6, 6.07) is 23.8. The Morgan fingerprint density at radius 2 is 1.38 bits per heavy atom. The van der Waals surface area contributed by atoms with E-state index in [1.165, 1.54) is 47.8 Å². The largest absolute Gasteiger partial charge is 0.493 e. The smallest absolute Gasteiger partial charge is 0.335 e. The molecule has 5 rings (SSSR count). The molecule has 1 fully saturated rings. The van der Waals surface area contributed by atoms with Crippen LogP contribution in [-0.4, -0.2) is 32.2 Å². The molecule has 0 bridgehead atoms. The van der Waals surface area contributed by atoms with Gasteiger partial charge in [-0.25, -0.2) is 9.36 Å². The predicted molar refractivity (Wildman–Crippen MR) is 137 cm³/mol. The molecule has 0 radical (unpaired) electrons. The first-order valence-electron chi connectivity index (χ1n) is 11.7. The highest BCUT2D eigenvalue weighted by Gasteiger charge is 2.14. The molecule has 1 aliphatic rings. The lowest BCUT2D eigenvalue weighted by Gasteiger charge is -2.14. The van der Waals surface area contributed by atoms with Crippen molar-refractivity contribution in [1.82, 2.24) is 14.0 Å². The Bertz CT molecular complexity index is 1300. The van der Waals surface area contributed by atoms with Crippen LogP contribution in [0.2, 0.25) is 5.02 Å². The molecule has 0 saturated carbocycles. The molecule has 5 nitrogen and oxygen atoms in total. The third-order valence-corrected chi connectivity index (χ3v) is 6.76. The van der Waals surface area contributed by atoms with Crippen LogP contribution in [0.5, 0.6) is 5.88 Å². The molecule has 1 saturated heterocycles. The van der Waals surface area contributed by atoms with Crippen LogP contribution in [0.3, 0.4) is 0 Å². The summed E-state index contributed by atoms with van der Waals surface area (Å²) in [7, 11) is 0. The van der Waals surface area contributed by atoms with Crippen molar-refractivity contribution in [2.45, 2.75) is 32.4 Å². The van der Waals surface area contributed by atoms with Crippen LogP contribution in [0.1, 0.15) is 24.0 Å². The van der Waals surface area contributed by atoms with E-state index in [9.17, 15) is 9.90 Å². The van der Waals surface area contributed by atoms with Crippen LogP contribution in [-0.2, 0) is 19.5 Å². The summed E-state index contributed by atoms with van der Waals surface area (Å²) in [6.45, 7) is 3.89. The van der Waals surface area contributed by atoms with Crippen molar-refractivity contribution in [2.24, 2.45) is 0 Å². The number of rotatable bonds is 7. The maximum atomic E-state index is 13.0. The van der Waals surface area contributed by atoms with Crippen molar-refractivity contribution < 1.29 is 5.11 Å². The standard InChI is InChI=1S/C28H28ClN3O2/c29-25-11-7-23(8-12-25)24-9-13-26(14-10-24)32-27(33)20-31(28(32)34)18-15-21-3-5-22(6-4-21)19-30-16-1-2-17-30/h3-14,20,33H,1-2,15-19H2. The minimum absolute atomic E-state index is 0.0646. The fourth-order valence-electron chi connectivity index (χ4n) is 4.59. The second-order valence-corrected chi connectivity index (χ2v) is 9.34. The maximum absolute atomic E-state index is 13.0. The van der Waals surface area contributed by atoms with Gasteiger partial charge in [-0.2, -0.15) is 0 Å². The van der Waals surface area contributed by atoms with Gasteiger partial charge in [-0.3, -0.25) is 9.47 Å². The molecule has 1 aliphatic heterocycles. The molecule has 4 aromatic rings. The number of benzene rings is 3. The molecule has 3 aromatic carbocycles. The Kier molecular flexibility index (Phi) is 6.57. The number of aromatic hydroxyl groups is 1. The van der Waals surface area contributed by atoms with Gasteiger partial charge in [0.25, 0.3) is 0 Å². The Hall–Kier alpha value is -3.28. The SMILES string of the molecule is O=c1n(CCc2ccc(CN3CCCC3)cc2)cc(O)n1-c1ccc(-c2ccc(Cl)cc2)cc1. The van der Waals surface area contributed by atoms with E-state index < -0.39 is 0 Å². The third kappa shape index (κ3) is 4.96. The van der Waals surface area contributed by atoms with Crippen molar-refractivity contribution in [3.8, 4) is 22.7 Å². The van der Waals surface area contributed by atoms with E-state index in [-0.39, 0.29) is 11.6 Å². The minimum Gasteiger partial charge on any atom is -0.493 e. The highest BCUT2D eigenvalue weighted by molar-refractivity contribution is 6.30. The first-order valence-corrected chi connectivity index (χ1v) is 12.1. The zero-order chi connectivity index (χ0) is 23.5. The fourth-order valence-corrected chi connectivity index (χ4v) is 4.71. The molecule has 2 heterocycles. The predicted octanol–water partition coefficient (Wildman–Crippen LogP) is 5.50. The van der Waals surface area contributed by atoms with Gasteiger partial charge in [0.2, 0.25) is 5.88 Å². The lowest BCUT2D eigenvalue weighted by molar-refractivity contribution is 0.331. The molecule has 0 aliphatic carbocycles. The number of hydrogen-bond donors (Lipinski definition) is 1. The van der Waals surface area contributed by atoms with Crippen LogP contribution < -0.4 is 5.69 Å². The van der Waals surface area contributed by atoms with Crippen molar-refractivity contribution in [3.63, 3.8) is 0 Å². The molecule has 0 unspecified atom stereocenters. The molecule has 0 spiro atoms. The molecule has 6 heteroatoms. The van der Waals surface area contributed by atoms with E-state index in [1.807, 2.05) is 48.5 Å². The van der Waals surface area contributed by atoms with Crippen LogP contribution in [0.4, 0.5) is 0 Å². The summed E-state index contributed by atoms with van der Waals surface area (Å²) in [5, 5.41) is 11.2. The first-order chi connectivity index (χ1) is 16.6. The number of halogens is 1. The van der Waals surface area contributed by atoms with Crippen LogP contribution in [0.25, 0.3) is 16.8 Å². The van der Waals surface area contributed by atoms with Gasteiger partial charge in [0.05, 0.1) is 11.9 Å². The Morgan fingerprint density at radius 1 is 0.794 bits per heavy atom. The molecule has 174 valence electrons. The Morgan fingerprint density at radius 3 is 2.03 bits per heavy atom. The topological polar surface area (TPSA) is 50.4 Å². The van der Waals surface area contributed by atoms with Crippen molar-refractivity contribution in [2.75, 3.05) is 13.1 Å². The number of aromatic nitrogens is 2. The van der Waals surface area contributed by atoms with Crippen molar-refractivity contribution in [1.29, 1.82) is 0 Å². The van der Waals surface area contributed by atoms with Gasteiger partial charge in [-0.05, 0) is 78.9 Å². The van der Waals surface area contributed by atoms with Gasteiger partial charge in [-0.1, -0.05) is 60.1 Å². The van der Waals surface area contributed by atoms with Gasteiger partial charge >= 0.3 is 5.69 Å². The summed E-state index contributed by atoms with van der Waals surface area (Å²) in [5.41, 5.74) is 4.94. The number of aryl methyl sites for hydroxylation is 2. The summed E-state index contributed by atoms with van der Waals surface area (Å²) < 4.78 is 2.91. The second-order valence-electron chi connectivity index (χ2n) is 8.90. The van der Waals surface area contributed by atoms with E-state index >= 15 is 0 Å². The molecular weight excluding hydrogens is 446 g/mol. The molecule has 1 N–H and O–H groups in total. The van der Waals surface area contributed by atoms with Crippen LogP contribution >= 0.6 is 11.6 Å². The maximum Gasteiger partial charge on any atom is 0.335 e. The second kappa shape index (κ2) is 9.92. The minimum atomic E-state index is -0.248. The number of nitrogens with zero attached hydrogens (tertiary/aromatic N) is 3. The van der Waals surface area contributed by atoms with Gasteiger partial charge in [0.15, 0.2) is 0 Å². The number of imidazole rings is 1. The van der Waals surface area contributed by atoms with Crippen molar-refractivity contribution in [3.05, 3.63) is 106 Å². The fraction of sp³-hybridized carbons (Fsp3) is 0.250. The molecule has 0 amide bonds. The first kappa shape index (κ1) is 22.5. The molecular formula is C28H28ClN3O2. The number of likely N-dealkylation sites (tertiary alicyclic amines) is 1. The number of hydrogen-bond acceptors (Lipinski definition) is 3. The summed E-state index contributed by atoms with van der Waals surface area (Å²) >= 11 is 5.97. The zero-order valence-corrected chi connectivity index (χ0v) is 19.8. The van der Waals surface area contributed by atoms with Gasteiger partial charge in [-0.15, -0.1) is 0 Å². The Labute approximate surface area is 204 Å². The van der Waals surface area contributed by atoms with Crippen LogP contribution in [0.15, 0.2) is 83.8 Å². The van der Waals surface area contributed by atoms with Gasteiger partial charge in [0, 0.05) is 18.1 Å². The summed E-state index contributed by atoms with van der Waals surface area (Å²) in [5.74, 6) is -0.0646. The van der Waals surface area contributed by atoms with Gasteiger partial charge < -0.3 is 5.11 Å². The molecule has 34 heavy (non-hydrogen) atoms. The zero-order valence-electron chi connectivity index (χ0n) is 19.0. The highest BCUT2D eigenvalue weighted by Crippen LogP contribution is 2.24. The van der Waals surface area contributed by atoms with E-state index in [0.717, 1.165) is 24.1 Å². The van der Waals surface area contributed by atoms with E-state index in [1.54, 1.807) is 4.57 Å². The van der Waals surface area contributed by atoms with Crippen LogP contribution in [0, 0.1) is 0 Å². The van der Waals surface area contributed by atoms with E-state index in [0.29, 0.717) is 17.3 Å². The summed E-state index contributed by atoms with van der Waals surface area (Å²) in [6.07, 6.45) is 4.83. The third-order valence-electron chi connectivity index (χ3n) is 6.51. The van der Waals surface area contributed by atoms with Gasteiger partial charge in [0.1, 0.15) is 0 Å². The lowest BCUT2D eigenvalue weighted by atomic mass is 10.1. The van der Waals surface area contributed by atoms with E-state index in [2.05, 4.69) is 29.2 Å².